The predicted molar refractivity (Wildman–Crippen MR) is 163 cm³/mol. The van der Waals surface area contributed by atoms with Gasteiger partial charge in [-0.3, -0.25) is 9.52 Å². The molecule has 41 heavy (non-hydrogen) atoms. The van der Waals surface area contributed by atoms with Crippen molar-refractivity contribution in [3.05, 3.63) is 53.7 Å². The molecule has 1 saturated carbocycles. The number of aryl methyl sites for hydroxylation is 1. The maximum Gasteiger partial charge on any atom is 0.257 e. The van der Waals surface area contributed by atoms with Crippen LogP contribution in [0.5, 0.6) is 0 Å². The van der Waals surface area contributed by atoms with Crippen LogP contribution >= 0.6 is 0 Å². The number of benzene rings is 2. The number of aliphatic hydroxyl groups is 1. The molecule has 0 bridgehead atoms. The van der Waals surface area contributed by atoms with Crippen LogP contribution in [0.2, 0.25) is 0 Å². The Morgan fingerprint density at radius 3 is 2.24 bits per heavy atom. The lowest BCUT2D eigenvalue weighted by molar-refractivity contribution is 0.102. The highest BCUT2D eigenvalue weighted by Gasteiger charge is 2.44. The van der Waals surface area contributed by atoms with E-state index < -0.39 is 37.2 Å². The summed E-state index contributed by atoms with van der Waals surface area (Å²) in [4.78, 5) is 15.8. The number of piperidine rings is 1. The van der Waals surface area contributed by atoms with Gasteiger partial charge in [0.25, 0.3) is 5.91 Å². The highest BCUT2D eigenvalue weighted by Crippen LogP contribution is 2.54. The minimum absolute atomic E-state index is 0.318. The number of nitrogens with zero attached hydrogens (tertiary/aromatic N) is 2. The van der Waals surface area contributed by atoms with Crippen molar-refractivity contribution in [2.75, 3.05) is 40.4 Å². The summed E-state index contributed by atoms with van der Waals surface area (Å²) in [6.07, 6.45) is 6.09. The van der Waals surface area contributed by atoms with E-state index in [1.165, 1.54) is 22.9 Å². The lowest BCUT2D eigenvalue weighted by Gasteiger charge is -2.35. The minimum Gasteiger partial charge on any atom is -0.395 e. The van der Waals surface area contributed by atoms with Gasteiger partial charge in [0.05, 0.1) is 39.6 Å². The number of hydrogen-bond acceptors (Lipinski definition) is 7. The Kier molecular flexibility index (Phi) is 7.40. The number of aliphatic hydroxyl groups excluding tert-OH is 1. The van der Waals surface area contributed by atoms with Crippen molar-refractivity contribution >= 4 is 53.9 Å². The van der Waals surface area contributed by atoms with Crippen molar-refractivity contribution in [1.29, 1.82) is 0 Å². The molecule has 2 fully saturated rings. The first kappa shape index (κ1) is 29.4. The van der Waals surface area contributed by atoms with Gasteiger partial charge in [0.2, 0.25) is 20.0 Å². The Morgan fingerprint density at radius 2 is 1.63 bits per heavy atom. The molecule has 3 N–H and O–H groups in total. The van der Waals surface area contributed by atoms with Crippen LogP contribution in [-0.2, 0) is 20.0 Å². The molecule has 3 aromatic rings. The van der Waals surface area contributed by atoms with Gasteiger partial charge in [-0.25, -0.2) is 20.8 Å². The number of fused-ring (bicyclic) bond motifs is 1. The van der Waals surface area contributed by atoms with Gasteiger partial charge < -0.3 is 15.3 Å². The second kappa shape index (κ2) is 10.3. The van der Waals surface area contributed by atoms with Crippen LogP contribution in [-0.4, -0.2) is 62.0 Å². The SMILES string of the molecule is Cc1cn(S(=O)(=O)C(C)(C)C)c2cc(NC(=O)c3ccc(NS(=O)(=O)CCO)cc3N3CCC4(CC3)CC4)ccc12. The lowest BCUT2D eigenvalue weighted by Crippen LogP contribution is -2.35. The third kappa shape index (κ3) is 5.82. The van der Waals surface area contributed by atoms with Crippen molar-refractivity contribution in [3.8, 4) is 0 Å². The van der Waals surface area contributed by atoms with E-state index in [0.29, 0.717) is 33.6 Å². The van der Waals surface area contributed by atoms with Gasteiger partial charge in [-0.15, -0.1) is 0 Å². The molecular weight excluding hydrogens is 564 g/mol. The summed E-state index contributed by atoms with van der Waals surface area (Å²) in [5.74, 6) is -0.810. The molecule has 10 nitrogen and oxygen atoms in total. The summed E-state index contributed by atoms with van der Waals surface area (Å²) in [5, 5.41) is 12.8. The standard InChI is InChI=1S/C29H38N4O6S2/c1-20-19-33(41(38,39)28(2,3)4)26-17-21(5-7-23(20)26)30-27(35)24-8-6-22(31-40(36,37)16-15-34)18-25(24)32-13-11-29(9-10-29)12-14-32/h5-8,17-19,31,34H,9-16H2,1-4H3,(H,30,35). The van der Waals surface area contributed by atoms with Crippen LogP contribution in [0, 0.1) is 12.3 Å². The largest absolute Gasteiger partial charge is 0.395 e. The van der Waals surface area contributed by atoms with E-state index in [9.17, 15) is 21.6 Å². The van der Waals surface area contributed by atoms with E-state index in [1.54, 1.807) is 57.3 Å². The Bertz CT molecular complexity index is 1710. The maximum atomic E-state index is 13.7. The summed E-state index contributed by atoms with van der Waals surface area (Å²) in [6, 6.07) is 10.0. The first-order valence-electron chi connectivity index (χ1n) is 13.8. The number of carbonyl (C=O) groups is 1. The van der Waals surface area contributed by atoms with Crippen LogP contribution in [0.4, 0.5) is 17.1 Å². The normalized spacial score (nSPS) is 17.1. The summed E-state index contributed by atoms with van der Waals surface area (Å²) in [6.45, 7) is 7.82. The van der Waals surface area contributed by atoms with Crippen molar-refractivity contribution in [3.63, 3.8) is 0 Å². The number of hydrogen-bond donors (Lipinski definition) is 3. The number of amides is 1. The Hall–Kier alpha value is -3.09. The van der Waals surface area contributed by atoms with Crippen LogP contribution < -0.4 is 14.9 Å². The third-order valence-corrected chi connectivity index (χ3v) is 11.9. The summed E-state index contributed by atoms with van der Waals surface area (Å²) in [5.41, 5.74) is 3.48. The zero-order valence-electron chi connectivity index (χ0n) is 23.9. The number of sulfonamides is 1. The van der Waals surface area contributed by atoms with E-state index in [0.717, 1.165) is 36.9 Å². The number of rotatable bonds is 8. The molecular formula is C29H38N4O6S2. The van der Waals surface area contributed by atoms with Gasteiger partial charge in [-0.05, 0) is 94.7 Å². The first-order valence-corrected chi connectivity index (χ1v) is 16.9. The van der Waals surface area contributed by atoms with Gasteiger partial charge in [0.15, 0.2) is 0 Å². The van der Waals surface area contributed by atoms with Crippen molar-refractivity contribution < 1.29 is 26.7 Å². The van der Waals surface area contributed by atoms with Crippen molar-refractivity contribution in [2.24, 2.45) is 5.41 Å². The van der Waals surface area contributed by atoms with Crippen LogP contribution in [0.1, 0.15) is 62.4 Å². The molecule has 1 aromatic heterocycles. The zero-order valence-corrected chi connectivity index (χ0v) is 25.5. The van der Waals surface area contributed by atoms with Crippen LogP contribution in [0.3, 0.4) is 0 Å². The average Bonchev–Trinajstić information content (AvgIpc) is 3.55. The fourth-order valence-corrected chi connectivity index (χ4v) is 7.56. The monoisotopic (exact) mass is 602 g/mol. The first-order chi connectivity index (χ1) is 19.1. The van der Waals surface area contributed by atoms with Crippen LogP contribution in [0.25, 0.3) is 10.9 Å². The second-order valence-electron chi connectivity index (χ2n) is 12.3. The van der Waals surface area contributed by atoms with E-state index in [1.807, 2.05) is 6.92 Å². The highest BCUT2D eigenvalue weighted by atomic mass is 32.2. The molecule has 0 radical (unpaired) electrons. The number of nitrogens with one attached hydrogen (secondary N) is 2. The lowest BCUT2D eigenvalue weighted by atomic mass is 9.93. The summed E-state index contributed by atoms with van der Waals surface area (Å²) < 4.78 is 53.9. The predicted octanol–water partition coefficient (Wildman–Crippen LogP) is 4.29. The molecule has 12 heteroatoms. The third-order valence-electron chi connectivity index (χ3n) is 8.26. The van der Waals surface area contributed by atoms with Crippen LogP contribution in [0.15, 0.2) is 42.6 Å². The molecule has 1 aliphatic heterocycles. The summed E-state index contributed by atoms with van der Waals surface area (Å²) in [7, 11) is -7.44. The van der Waals surface area contributed by atoms with Gasteiger partial charge >= 0.3 is 0 Å². The van der Waals surface area contributed by atoms with E-state index in [-0.39, 0.29) is 5.91 Å². The summed E-state index contributed by atoms with van der Waals surface area (Å²) >= 11 is 0. The van der Waals surface area contributed by atoms with Gasteiger partial charge in [-0.2, -0.15) is 0 Å². The molecule has 222 valence electrons. The van der Waals surface area contributed by atoms with Gasteiger partial charge in [-0.1, -0.05) is 6.07 Å². The molecule has 2 aromatic carbocycles. The molecule has 0 unspecified atom stereocenters. The number of aromatic nitrogens is 1. The van der Waals surface area contributed by atoms with Crippen molar-refractivity contribution in [1.82, 2.24) is 3.97 Å². The molecule has 1 aliphatic carbocycles. The fraction of sp³-hybridized carbons (Fsp3) is 0.483. The van der Waals surface area contributed by atoms with Gasteiger partial charge in [0.1, 0.15) is 0 Å². The van der Waals surface area contributed by atoms with E-state index in [2.05, 4.69) is 14.9 Å². The molecule has 1 amide bonds. The molecule has 1 saturated heterocycles. The quantitative estimate of drug-likeness (QED) is 0.350. The maximum absolute atomic E-state index is 13.7. The zero-order chi connectivity index (χ0) is 29.8. The topological polar surface area (TPSA) is 138 Å². The Balaban J connectivity index is 1.48. The molecule has 0 atom stereocenters. The number of carbonyl (C=O) groups excluding carboxylic acids is 1. The van der Waals surface area contributed by atoms with Gasteiger partial charge in [0, 0.05) is 30.4 Å². The second-order valence-corrected chi connectivity index (χ2v) is 16.7. The Labute approximate surface area is 241 Å². The van der Waals surface area contributed by atoms with E-state index in [4.69, 9.17) is 5.11 Å². The van der Waals surface area contributed by atoms with Crippen molar-refractivity contribution in [2.45, 2.75) is 58.1 Å². The minimum atomic E-state index is -3.74. The highest BCUT2D eigenvalue weighted by molar-refractivity contribution is 7.92. The molecule has 2 aliphatic rings. The number of anilines is 3. The Morgan fingerprint density at radius 1 is 0.976 bits per heavy atom. The average molecular weight is 603 g/mol. The molecule has 5 rings (SSSR count). The van der Waals surface area contributed by atoms with E-state index >= 15 is 0 Å². The molecule has 2 heterocycles. The smallest absolute Gasteiger partial charge is 0.257 e. The molecule has 1 spiro atoms. The fourth-order valence-electron chi connectivity index (χ4n) is 5.43.